The van der Waals surface area contributed by atoms with Crippen LogP contribution in [0.5, 0.6) is 0 Å². The SMILES string of the molecule is CCOC(=O)N1CCN(C(=O)c2ccc(SCc3cccnc3)cc2)CC1. The summed E-state index contributed by atoms with van der Waals surface area (Å²) in [5, 5.41) is 0. The number of aromatic nitrogens is 1. The van der Waals surface area contributed by atoms with Crippen LogP contribution in [-0.4, -0.2) is 59.6 Å². The molecule has 1 aromatic carbocycles. The monoisotopic (exact) mass is 385 g/mol. The van der Waals surface area contributed by atoms with Crippen LogP contribution in [0.1, 0.15) is 22.8 Å². The van der Waals surface area contributed by atoms with Crippen LogP contribution in [0, 0.1) is 0 Å². The highest BCUT2D eigenvalue weighted by Crippen LogP contribution is 2.23. The Bertz CT molecular complexity index is 760. The Kier molecular flexibility index (Phi) is 6.70. The predicted octanol–water partition coefficient (Wildman–Crippen LogP) is 3.29. The summed E-state index contributed by atoms with van der Waals surface area (Å²) in [6.45, 7) is 4.21. The van der Waals surface area contributed by atoms with Gasteiger partial charge in [0.15, 0.2) is 0 Å². The first-order chi connectivity index (χ1) is 13.2. The summed E-state index contributed by atoms with van der Waals surface area (Å²) < 4.78 is 5.01. The van der Waals surface area contributed by atoms with Crippen molar-refractivity contribution in [1.82, 2.24) is 14.8 Å². The molecule has 0 atom stereocenters. The van der Waals surface area contributed by atoms with Crippen molar-refractivity contribution in [3.05, 3.63) is 59.9 Å². The van der Waals surface area contributed by atoms with E-state index in [-0.39, 0.29) is 12.0 Å². The van der Waals surface area contributed by atoms with Crippen LogP contribution < -0.4 is 0 Å². The largest absolute Gasteiger partial charge is 0.450 e. The van der Waals surface area contributed by atoms with E-state index in [2.05, 4.69) is 4.98 Å². The number of thioether (sulfide) groups is 1. The molecule has 0 bridgehead atoms. The minimum Gasteiger partial charge on any atom is -0.450 e. The van der Waals surface area contributed by atoms with Gasteiger partial charge in [-0.25, -0.2) is 4.79 Å². The van der Waals surface area contributed by atoms with Crippen LogP contribution in [0.2, 0.25) is 0 Å². The summed E-state index contributed by atoms with van der Waals surface area (Å²) in [6, 6.07) is 11.7. The molecule has 3 rings (SSSR count). The normalized spacial score (nSPS) is 14.1. The van der Waals surface area contributed by atoms with Gasteiger partial charge in [-0.15, -0.1) is 11.8 Å². The molecule has 0 saturated carbocycles. The third kappa shape index (κ3) is 5.23. The van der Waals surface area contributed by atoms with Crippen LogP contribution in [0.4, 0.5) is 4.79 Å². The van der Waals surface area contributed by atoms with Crippen molar-refractivity contribution < 1.29 is 14.3 Å². The molecule has 1 fully saturated rings. The summed E-state index contributed by atoms with van der Waals surface area (Å²) in [5.41, 5.74) is 1.84. The molecule has 142 valence electrons. The van der Waals surface area contributed by atoms with Gasteiger partial charge < -0.3 is 14.5 Å². The number of amides is 2. The van der Waals surface area contributed by atoms with E-state index in [0.717, 1.165) is 10.6 Å². The Balaban J connectivity index is 1.51. The second-order valence-corrected chi connectivity index (χ2v) is 7.20. The zero-order valence-corrected chi connectivity index (χ0v) is 16.2. The highest BCUT2D eigenvalue weighted by molar-refractivity contribution is 7.98. The minimum absolute atomic E-state index is 0.00215. The van der Waals surface area contributed by atoms with Crippen LogP contribution in [0.25, 0.3) is 0 Å². The van der Waals surface area contributed by atoms with E-state index in [4.69, 9.17) is 4.74 Å². The number of ether oxygens (including phenoxy) is 1. The van der Waals surface area contributed by atoms with Crippen molar-refractivity contribution in [3.63, 3.8) is 0 Å². The highest BCUT2D eigenvalue weighted by atomic mass is 32.2. The fourth-order valence-corrected chi connectivity index (χ4v) is 3.67. The molecular weight excluding hydrogens is 362 g/mol. The zero-order chi connectivity index (χ0) is 19.1. The number of hydrogen-bond acceptors (Lipinski definition) is 5. The summed E-state index contributed by atoms with van der Waals surface area (Å²) >= 11 is 1.71. The lowest BCUT2D eigenvalue weighted by atomic mass is 10.2. The van der Waals surface area contributed by atoms with E-state index in [1.54, 1.807) is 34.7 Å². The number of nitrogens with zero attached hydrogens (tertiary/aromatic N) is 3. The van der Waals surface area contributed by atoms with Crippen LogP contribution >= 0.6 is 11.8 Å². The van der Waals surface area contributed by atoms with Gasteiger partial charge in [-0.2, -0.15) is 0 Å². The maximum Gasteiger partial charge on any atom is 0.409 e. The Morgan fingerprint density at radius 2 is 1.78 bits per heavy atom. The fraction of sp³-hybridized carbons (Fsp3) is 0.350. The molecule has 0 N–H and O–H groups in total. The molecule has 1 aromatic heterocycles. The molecule has 1 aliphatic heterocycles. The van der Waals surface area contributed by atoms with Crippen molar-refractivity contribution in [1.29, 1.82) is 0 Å². The predicted molar refractivity (Wildman–Crippen MR) is 105 cm³/mol. The molecule has 1 saturated heterocycles. The smallest absolute Gasteiger partial charge is 0.409 e. The Labute approximate surface area is 163 Å². The van der Waals surface area contributed by atoms with Crippen LogP contribution in [0.15, 0.2) is 53.7 Å². The number of carbonyl (C=O) groups is 2. The lowest BCUT2D eigenvalue weighted by Crippen LogP contribution is -2.50. The molecule has 0 aliphatic carbocycles. The van der Waals surface area contributed by atoms with Crippen LogP contribution in [-0.2, 0) is 10.5 Å². The maximum atomic E-state index is 12.7. The quantitative estimate of drug-likeness (QED) is 0.739. The van der Waals surface area contributed by atoms with Crippen molar-refractivity contribution in [2.75, 3.05) is 32.8 Å². The average molecular weight is 385 g/mol. The van der Waals surface area contributed by atoms with Gasteiger partial charge in [0, 0.05) is 54.8 Å². The van der Waals surface area contributed by atoms with E-state index in [9.17, 15) is 9.59 Å². The number of piperazine rings is 1. The van der Waals surface area contributed by atoms with E-state index in [1.165, 1.54) is 5.56 Å². The third-order valence-corrected chi connectivity index (χ3v) is 5.41. The Hall–Kier alpha value is -2.54. The van der Waals surface area contributed by atoms with Gasteiger partial charge >= 0.3 is 6.09 Å². The first-order valence-electron chi connectivity index (χ1n) is 9.00. The molecule has 0 unspecified atom stereocenters. The maximum absolute atomic E-state index is 12.7. The van der Waals surface area contributed by atoms with Crippen molar-refractivity contribution in [3.8, 4) is 0 Å². The number of pyridine rings is 1. The highest BCUT2D eigenvalue weighted by Gasteiger charge is 2.25. The fourth-order valence-electron chi connectivity index (χ4n) is 2.83. The molecule has 2 heterocycles. The van der Waals surface area contributed by atoms with Gasteiger partial charge in [-0.3, -0.25) is 9.78 Å². The number of carbonyl (C=O) groups excluding carboxylic acids is 2. The second kappa shape index (κ2) is 9.41. The van der Waals surface area contributed by atoms with Crippen molar-refractivity contribution >= 4 is 23.8 Å². The Morgan fingerprint density at radius 1 is 1.07 bits per heavy atom. The standard InChI is InChI=1S/C20H23N3O3S/c1-2-26-20(25)23-12-10-22(11-13-23)19(24)17-5-7-18(8-6-17)27-15-16-4-3-9-21-14-16/h3-9,14H,2,10-13,15H2,1H3. The first-order valence-corrected chi connectivity index (χ1v) is 9.98. The molecule has 2 amide bonds. The number of benzene rings is 1. The zero-order valence-electron chi connectivity index (χ0n) is 15.3. The summed E-state index contributed by atoms with van der Waals surface area (Å²) in [6.07, 6.45) is 3.32. The van der Waals surface area contributed by atoms with E-state index >= 15 is 0 Å². The third-order valence-electron chi connectivity index (χ3n) is 4.32. The molecule has 0 spiro atoms. The van der Waals surface area contributed by atoms with E-state index < -0.39 is 0 Å². The van der Waals surface area contributed by atoms with Gasteiger partial charge in [0.1, 0.15) is 0 Å². The molecule has 2 aromatic rings. The summed E-state index contributed by atoms with van der Waals surface area (Å²) in [5.74, 6) is 0.846. The lowest BCUT2D eigenvalue weighted by molar-refractivity contribution is 0.0570. The van der Waals surface area contributed by atoms with Gasteiger partial charge in [0.05, 0.1) is 6.61 Å². The van der Waals surface area contributed by atoms with Gasteiger partial charge in [0.25, 0.3) is 5.91 Å². The van der Waals surface area contributed by atoms with Gasteiger partial charge in [-0.05, 0) is 42.8 Å². The molecular formula is C20H23N3O3S. The molecule has 1 aliphatic rings. The molecule has 0 radical (unpaired) electrons. The van der Waals surface area contributed by atoms with Gasteiger partial charge in [0.2, 0.25) is 0 Å². The summed E-state index contributed by atoms with van der Waals surface area (Å²) in [4.78, 5) is 33.1. The number of hydrogen-bond donors (Lipinski definition) is 0. The van der Waals surface area contributed by atoms with Crippen LogP contribution in [0.3, 0.4) is 0 Å². The molecule has 27 heavy (non-hydrogen) atoms. The topological polar surface area (TPSA) is 62.7 Å². The van der Waals surface area contributed by atoms with Gasteiger partial charge in [-0.1, -0.05) is 6.07 Å². The minimum atomic E-state index is -0.306. The van der Waals surface area contributed by atoms with E-state index in [0.29, 0.717) is 38.3 Å². The Morgan fingerprint density at radius 3 is 2.41 bits per heavy atom. The molecule has 6 nitrogen and oxygen atoms in total. The number of rotatable bonds is 5. The molecule has 7 heteroatoms. The summed E-state index contributed by atoms with van der Waals surface area (Å²) in [7, 11) is 0. The lowest BCUT2D eigenvalue weighted by Gasteiger charge is -2.34. The second-order valence-electron chi connectivity index (χ2n) is 6.15. The average Bonchev–Trinajstić information content (AvgIpc) is 2.73. The van der Waals surface area contributed by atoms with Crippen molar-refractivity contribution in [2.45, 2.75) is 17.6 Å². The first kappa shape index (κ1) is 19.2. The van der Waals surface area contributed by atoms with Crippen molar-refractivity contribution in [2.24, 2.45) is 0 Å². The van der Waals surface area contributed by atoms with E-state index in [1.807, 2.05) is 42.6 Å².